The minimum atomic E-state index is -0.988. The normalized spacial score (nSPS) is 15.4. The van der Waals surface area contributed by atoms with Crippen molar-refractivity contribution in [3.8, 4) is 0 Å². The zero-order chi connectivity index (χ0) is 14.8. The van der Waals surface area contributed by atoms with Crippen LogP contribution >= 0.6 is 0 Å². The Kier molecular flexibility index (Phi) is 3.55. The Morgan fingerprint density at radius 2 is 1.95 bits per heavy atom. The number of nitrogens with one attached hydrogen (secondary N) is 1. The van der Waals surface area contributed by atoms with Gasteiger partial charge in [-0.05, 0) is 31.0 Å². The molecule has 2 N–H and O–H groups in total. The third-order valence-electron chi connectivity index (χ3n) is 3.90. The highest BCUT2D eigenvalue weighted by molar-refractivity contribution is 5.98. The van der Waals surface area contributed by atoms with Gasteiger partial charge in [0, 0.05) is 11.6 Å². The standard InChI is InChI=1S/C14H16N4O3/c19-13(20)8-18(10-3-1-2-4-10)14(21)9-5-6-11-12(7-9)16-17-15-11/h5-7,10H,1-4,8H2,(H,19,20)(H,15,16,17). The van der Waals surface area contributed by atoms with Gasteiger partial charge in [-0.2, -0.15) is 15.4 Å². The van der Waals surface area contributed by atoms with Crippen LogP contribution in [0.15, 0.2) is 18.2 Å². The molecule has 1 aliphatic carbocycles. The number of aromatic nitrogens is 3. The molecule has 1 aromatic carbocycles. The van der Waals surface area contributed by atoms with Gasteiger partial charge in [0.15, 0.2) is 0 Å². The molecule has 1 aromatic heterocycles. The number of H-pyrrole nitrogens is 1. The van der Waals surface area contributed by atoms with Gasteiger partial charge in [0.25, 0.3) is 5.91 Å². The first kappa shape index (κ1) is 13.5. The molecule has 3 rings (SSSR count). The maximum absolute atomic E-state index is 12.6. The number of hydrogen-bond acceptors (Lipinski definition) is 4. The molecule has 2 aromatic rings. The van der Waals surface area contributed by atoms with Gasteiger partial charge in [-0.25, -0.2) is 0 Å². The van der Waals surface area contributed by atoms with Crippen molar-refractivity contribution < 1.29 is 14.7 Å². The SMILES string of the molecule is O=C(O)CN(C(=O)c1ccc2n[nH]nc2c1)C1CCCC1. The fourth-order valence-electron chi connectivity index (χ4n) is 2.87. The van der Waals surface area contributed by atoms with Crippen molar-refractivity contribution in [3.05, 3.63) is 23.8 Å². The number of rotatable bonds is 4. The Morgan fingerprint density at radius 1 is 1.24 bits per heavy atom. The number of carbonyl (C=O) groups is 2. The van der Waals surface area contributed by atoms with Crippen molar-refractivity contribution in [1.82, 2.24) is 20.3 Å². The number of carboxylic acids is 1. The third kappa shape index (κ3) is 2.72. The summed E-state index contributed by atoms with van der Waals surface area (Å²) < 4.78 is 0. The molecule has 1 heterocycles. The summed E-state index contributed by atoms with van der Waals surface area (Å²) in [7, 11) is 0. The van der Waals surface area contributed by atoms with Crippen LogP contribution in [0.4, 0.5) is 0 Å². The Balaban J connectivity index is 1.89. The smallest absolute Gasteiger partial charge is 0.323 e. The van der Waals surface area contributed by atoms with Crippen molar-refractivity contribution in [2.45, 2.75) is 31.7 Å². The summed E-state index contributed by atoms with van der Waals surface area (Å²) in [6.45, 7) is -0.264. The molecule has 1 amide bonds. The van der Waals surface area contributed by atoms with E-state index >= 15 is 0 Å². The van der Waals surface area contributed by atoms with E-state index in [4.69, 9.17) is 5.11 Å². The van der Waals surface area contributed by atoms with Gasteiger partial charge in [-0.3, -0.25) is 9.59 Å². The molecule has 0 spiro atoms. The first-order valence-corrected chi connectivity index (χ1v) is 6.98. The Bertz CT molecular complexity index is 676. The maximum Gasteiger partial charge on any atom is 0.323 e. The van der Waals surface area contributed by atoms with Gasteiger partial charge >= 0.3 is 5.97 Å². The maximum atomic E-state index is 12.6. The number of benzene rings is 1. The van der Waals surface area contributed by atoms with Crippen molar-refractivity contribution in [1.29, 1.82) is 0 Å². The highest BCUT2D eigenvalue weighted by Crippen LogP contribution is 2.25. The number of amides is 1. The lowest BCUT2D eigenvalue weighted by Crippen LogP contribution is -2.42. The molecule has 110 valence electrons. The zero-order valence-corrected chi connectivity index (χ0v) is 11.5. The monoisotopic (exact) mass is 288 g/mol. The van der Waals surface area contributed by atoms with Gasteiger partial charge in [-0.15, -0.1) is 0 Å². The van der Waals surface area contributed by atoms with Gasteiger partial charge in [0.1, 0.15) is 17.6 Å². The predicted molar refractivity (Wildman–Crippen MR) is 74.8 cm³/mol. The topological polar surface area (TPSA) is 99.2 Å². The Labute approximate surface area is 120 Å². The number of aliphatic carboxylic acids is 1. The van der Waals surface area contributed by atoms with Crippen LogP contribution in [0.5, 0.6) is 0 Å². The quantitative estimate of drug-likeness (QED) is 0.886. The molecule has 0 aliphatic heterocycles. The summed E-state index contributed by atoms with van der Waals surface area (Å²) in [5.41, 5.74) is 1.73. The molecule has 0 unspecified atom stereocenters. The minimum absolute atomic E-state index is 0.0154. The predicted octanol–water partition coefficient (Wildman–Crippen LogP) is 1.43. The summed E-state index contributed by atoms with van der Waals surface area (Å²) in [6, 6.07) is 5.03. The lowest BCUT2D eigenvalue weighted by atomic mass is 10.1. The Morgan fingerprint density at radius 3 is 2.67 bits per heavy atom. The second-order valence-corrected chi connectivity index (χ2v) is 5.29. The molecule has 1 aliphatic rings. The number of nitrogens with zero attached hydrogens (tertiary/aromatic N) is 3. The van der Waals surface area contributed by atoms with E-state index in [0.29, 0.717) is 16.6 Å². The molecule has 1 saturated carbocycles. The largest absolute Gasteiger partial charge is 0.480 e. The molecule has 0 bridgehead atoms. The first-order valence-electron chi connectivity index (χ1n) is 6.98. The van der Waals surface area contributed by atoms with E-state index < -0.39 is 5.97 Å². The zero-order valence-electron chi connectivity index (χ0n) is 11.5. The average Bonchev–Trinajstić information content (AvgIpc) is 3.13. The van der Waals surface area contributed by atoms with E-state index in [1.165, 1.54) is 4.90 Å². The van der Waals surface area contributed by atoms with E-state index in [9.17, 15) is 9.59 Å². The van der Waals surface area contributed by atoms with Crippen molar-refractivity contribution in [3.63, 3.8) is 0 Å². The van der Waals surface area contributed by atoms with Crippen molar-refractivity contribution in [2.24, 2.45) is 0 Å². The van der Waals surface area contributed by atoms with Crippen LogP contribution in [0, 0.1) is 0 Å². The number of carboxylic acid groups (broad SMARTS) is 1. The van der Waals surface area contributed by atoms with Crippen molar-refractivity contribution >= 4 is 22.9 Å². The second kappa shape index (κ2) is 5.51. The van der Waals surface area contributed by atoms with Crippen LogP contribution in [-0.4, -0.2) is 49.9 Å². The summed E-state index contributed by atoms with van der Waals surface area (Å²) in [6.07, 6.45) is 3.81. The fraction of sp³-hybridized carbons (Fsp3) is 0.429. The van der Waals surface area contributed by atoms with Gasteiger partial charge in [-0.1, -0.05) is 12.8 Å². The fourth-order valence-corrected chi connectivity index (χ4v) is 2.87. The summed E-state index contributed by atoms with van der Waals surface area (Å²) in [4.78, 5) is 25.2. The highest BCUT2D eigenvalue weighted by Gasteiger charge is 2.29. The molecular formula is C14H16N4O3. The van der Waals surface area contributed by atoms with E-state index in [-0.39, 0.29) is 18.5 Å². The lowest BCUT2D eigenvalue weighted by Gasteiger charge is -2.27. The molecule has 1 fully saturated rings. The molecule has 0 radical (unpaired) electrons. The summed E-state index contributed by atoms with van der Waals surface area (Å²) in [5.74, 6) is -1.24. The summed E-state index contributed by atoms with van der Waals surface area (Å²) >= 11 is 0. The van der Waals surface area contributed by atoms with E-state index in [1.54, 1.807) is 18.2 Å². The summed E-state index contributed by atoms with van der Waals surface area (Å²) in [5, 5.41) is 19.4. The molecule has 7 heteroatoms. The van der Waals surface area contributed by atoms with Crippen LogP contribution in [0.2, 0.25) is 0 Å². The van der Waals surface area contributed by atoms with Gasteiger partial charge in [0.2, 0.25) is 0 Å². The minimum Gasteiger partial charge on any atom is -0.480 e. The first-order chi connectivity index (χ1) is 10.1. The molecule has 0 atom stereocenters. The second-order valence-electron chi connectivity index (χ2n) is 5.29. The number of carbonyl (C=O) groups excluding carboxylic acids is 1. The van der Waals surface area contributed by atoms with E-state index in [2.05, 4.69) is 15.4 Å². The third-order valence-corrected chi connectivity index (χ3v) is 3.90. The molecular weight excluding hydrogens is 272 g/mol. The highest BCUT2D eigenvalue weighted by atomic mass is 16.4. The number of fused-ring (bicyclic) bond motifs is 1. The van der Waals surface area contributed by atoms with Crippen LogP contribution in [0.1, 0.15) is 36.0 Å². The van der Waals surface area contributed by atoms with Gasteiger partial charge < -0.3 is 10.0 Å². The van der Waals surface area contributed by atoms with Crippen molar-refractivity contribution in [2.75, 3.05) is 6.54 Å². The molecule has 21 heavy (non-hydrogen) atoms. The average molecular weight is 288 g/mol. The van der Waals surface area contributed by atoms with E-state index in [0.717, 1.165) is 25.7 Å². The van der Waals surface area contributed by atoms with Crippen LogP contribution < -0.4 is 0 Å². The number of hydrogen-bond donors (Lipinski definition) is 2. The van der Waals surface area contributed by atoms with Crippen LogP contribution in [-0.2, 0) is 4.79 Å². The number of aromatic amines is 1. The van der Waals surface area contributed by atoms with Gasteiger partial charge in [0.05, 0.1) is 0 Å². The van der Waals surface area contributed by atoms with E-state index in [1.807, 2.05) is 0 Å². The Hall–Kier alpha value is -2.44. The molecule has 7 nitrogen and oxygen atoms in total. The molecule has 0 saturated heterocycles. The van der Waals surface area contributed by atoms with Crippen LogP contribution in [0.25, 0.3) is 11.0 Å². The van der Waals surface area contributed by atoms with Crippen LogP contribution in [0.3, 0.4) is 0 Å². The lowest BCUT2D eigenvalue weighted by molar-refractivity contribution is -0.138.